The Hall–Kier alpha value is -2.26. The van der Waals surface area contributed by atoms with Crippen LogP contribution in [-0.4, -0.2) is 23.7 Å². The molecule has 0 fully saturated rings. The maximum atomic E-state index is 5.53. The monoisotopic (exact) mass is 296 g/mol. The molecule has 0 aliphatic rings. The summed E-state index contributed by atoms with van der Waals surface area (Å²) < 4.78 is 11.1. The van der Waals surface area contributed by atoms with Gasteiger partial charge in [-0.05, 0) is 33.6 Å². The molecule has 0 atom stereocenters. The molecule has 2 nitrogen and oxygen atoms in total. The molecule has 0 N–H and O–H groups in total. The van der Waals surface area contributed by atoms with Crippen LogP contribution in [0.4, 0.5) is 0 Å². The summed E-state index contributed by atoms with van der Waals surface area (Å²) in [5, 5.41) is 2.48. The van der Waals surface area contributed by atoms with Crippen molar-refractivity contribution in [3.8, 4) is 11.5 Å². The van der Waals surface area contributed by atoms with E-state index in [0.717, 1.165) is 22.6 Å². The van der Waals surface area contributed by atoms with Crippen molar-refractivity contribution in [1.82, 2.24) is 0 Å². The maximum absolute atomic E-state index is 5.53. The van der Waals surface area contributed by atoms with E-state index in [0.29, 0.717) is 0 Å². The highest BCUT2D eigenvalue weighted by Gasteiger charge is 2.14. The molecule has 3 heteroatoms. The third-order valence-electron chi connectivity index (χ3n) is 3.57. The SMILES string of the molecule is C=Cc1cccc(OC)c1[SiH2]c1c(C=C)cccc1OC. The lowest BCUT2D eigenvalue weighted by atomic mass is 10.2. The molecule has 0 aliphatic carbocycles. The Morgan fingerprint density at radius 1 is 0.810 bits per heavy atom. The molecule has 0 radical (unpaired) electrons. The van der Waals surface area contributed by atoms with Gasteiger partial charge in [0, 0.05) is 0 Å². The highest BCUT2D eigenvalue weighted by Crippen LogP contribution is 2.14. The highest BCUT2D eigenvalue weighted by atomic mass is 28.2. The second-order valence-corrected chi connectivity index (χ2v) is 6.41. The van der Waals surface area contributed by atoms with E-state index in [1.165, 1.54) is 10.4 Å². The van der Waals surface area contributed by atoms with Gasteiger partial charge < -0.3 is 9.47 Å². The summed E-state index contributed by atoms with van der Waals surface area (Å²) in [7, 11) is 2.62. The van der Waals surface area contributed by atoms with E-state index in [1.54, 1.807) is 14.2 Å². The zero-order chi connectivity index (χ0) is 15.2. The fourth-order valence-corrected chi connectivity index (χ4v) is 4.64. The normalized spacial score (nSPS) is 10.0. The molecule has 0 amide bonds. The molecule has 21 heavy (non-hydrogen) atoms. The van der Waals surface area contributed by atoms with Crippen LogP contribution in [0.3, 0.4) is 0 Å². The Balaban J connectivity index is 2.57. The van der Waals surface area contributed by atoms with E-state index < -0.39 is 9.52 Å². The Kier molecular flexibility index (Phi) is 5.01. The summed E-state index contributed by atoms with van der Waals surface area (Å²) >= 11 is 0. The van der Waals surface area contributed by atoms with Crippen LogP contribution in [0.25, 0.3) is 12.2 Å². The topological polar surface area (TPSA) is 18.5 Å². The van der Waals surface area contributed by atoms with Crippen molar-refractivity contribution in [2.45, 2.75) is 0 Å². The molecule has 0 heterocycles. The number of benzene rings is 2. The molecular weight excluding hydrogens is 276 g/mol. The first-order valence-corrected chi connectivity index (χ1v) is 8.23. The Morgan fingerprint density at radius 2 is 1.24 bits per heavy atom. The van der Waals surface area contributed by atoms with Gasteiger partial charge in [-0.2, -0.15) is 0 Å². The van der Waals surface area contributed by atoms with E-state index in [2.05, 4.69) is 25.3 Å². The number of methoxy groups -OCH3 is 2. The fraction of sp³-hybridized carbons (Fsp3) is 0.111. The minimum atomic E-state index is -0.786. The highest BCUT2D eigenvalue weighted by molar-refractivity contribution is 6.70. The summed E-state index contributed by atoms with van der Waals surface area (Å²) in [6.45, 7) is 7.82. The molecule has 0 spiro atoms. The van der Waals surface area contributed by atoms with E-state index in [4.69, 9.17) is 9.47 Å². The third-order valence-corrected chi connectivity index (χ3v) is 5.79. The van der Waals surface area contributed by atoms with Gasteiger partial charge in [0.25, 0.3) is 0 Å². The molecule has 0 saturated heterocycles. The predicted molar refractivity (Wildman–Crippen MR) is 94.0 cm³/mol. The van der Waals surface area contributed by atoms with Crippen molar-refractivity contribution in [3.05, 3.63) is 60.7 Å². The first kappa shape index (κ1) is 15.1. The van der Waals surface area contributed by atoms with Gasteiger partial charge in [-0.3, -0.25) is 0 Å². The first-order chi connectivity index (χ1) is 10.2. The Labute approximate surface area is 128 Å². The fourth-order valence-electron chi connectivity index (χ4n) is 2.49. The zero-order valence-corrected chi connectivity index (χ0v) is 14.0. The molecule has 2 aromatic carbocycles. The van der Waals surface area contributed by atoms with Crippen LogP contribution in [0.2, 0.25) is 0 Å². The van der Waals surface area contributed by atoms with Crippen molar-refractivity contribution >= 4 is 32.0 Å². The summed E-state index contributed by atoms with van der Waals surface area (Å²) in [4.78, 5) is 0. The maximum Gasteiger partial charge on any atom is 0.118 e. The number of rotatable bonds is 6. The Bertz CT molecular complexity index is 605. The largest absolute Gasteiger partial charge is 0.497 e. The van der Waals surface area contributed by atoms with Gasteiger partial charge in [0.15, 0.2) is 0 Å². The van der Waals surface area contributed by atoms with Crippen LogP contribution in [0.1, 0.15) is 11.1 Å². The van der Waals surface area contributed by atoms with Crippen molar-refractivity contribution in [3.63, 3.8) is 0 Å². The first-order valence-electron chi connectivity index (χ1n) is 6.81. The second-order valence-electron chi connectivity index (χ2n) is 4.64. The van der Waals surface area contributed by atoms with E-state index in [-0.39, 0.29) is 0 Å². The van der Waals surface area contributed by atoms with Gasteiger partial charge in [-0.15, -0.1) is 0 Å². The molecule has 2 aromatic rings. The molecule has 0 saturated carbocycles. The lowest BCUT2D eigenvalue weighted by molar-refractivity contribution is 0.417. The van der Waals surface area contributed by atoms with Crippen LogP contribution < -0.4 is 19.8 Å². The van der Waals surface area contributed by atoms with Crippen LogP contribution in [0.15, 0.2) is 49.6 Å². The summed E-state index contributed by atoms with van der Waals surface area (Å²) in [5.74, 6) is 1.83. The van der Waals surface area contributed by atoms with Crippen LogP contribution in [0.5, 0.6) is 11.5 Å². The third kappa shape index (κ3) is 3.08. The van der Waals surface area contributed by atoms with E-state index in [9.17, 15) is 0 Å². The molecule has 0 aromatic heterocycles. The smallest absolute Gasteiger partial charge is 0.118 e. The number of hydrogen-bond acceptors (Lipinski definition) is 2. The average Bonchev–Trinajstić information content (AvgIpc) is 2.55. The molecule has 0 bridgehead atoms. The van der Waals surface area contributed by atoms with Gasteiger partial charge in [-0.1, -0.05) is 49.6 Å². The molecule has 108 valence electrons. The number of ether oxygens (including phenoxy) is 2. The predicted octanol–water partition coefficient (Wildman–Crippen LogP) is 2.11. The van der Waals surface area contributed by atoms with E-state index in [1.807, 2.05) is 36.4 Å². The molecule has 0 unspecified atom stereocenters. The van der Waals surface area contributed by atoms with Gasteiger partial charge in [0.05, 0.1) is 23.7 Å². The lowest BCUT2D eigenvalue weighted by Gasteiger charge is -2.15. The minimum absolute atomic E-state index is 0.786. The van der Waals surface area contributed by atoms with Crippen molar-refractivity contribution in [1.29, 1.82) is 0 Å². The zero-order valence-electron chi connectivity index (χ0n) is 12.6. The summed E-state index contributed by atoms with van der Waals surface area (Å²) in [6, 6.07) is 12.1. The van der Waals surface area contributed by atoms with Gasteiger partial charge in [0.1, 0.15) is 11.5 Å². The van der Waals surface area contributed by atoms with Crippen molar-refractivity contribution in [2.75, 3.05) is 14.2 Å². The molecule has 2 rings (SSSR count). The van der Waals surface area contributed by atoms with Gasteiger partial charge in [0.2, 0.25) is 0 Å². The van der Waals surface area contributed by atoms with E-state index >= 15 is 0 Å². The quantitative estimate of drug-likeness (QED) is 0.760. The summed E-state index contributed by atoms with van der Waals surface area (Å²) in [5.41, 5.74) is 2.25. The molecular formula is C18H20O2Si. The van der Waals surface area contributed by atoms with Crippen LogP contribution in [-0.2, 0) is 0 Å². The lowest BCUT2D eigenvalue weighted by Crippen LogP contribution is -2.33. The van der Waals surface area contributed by atoms with Crippen molar-refractivity contribution < 1.29 is 9.47 Å². The Morgan fingerprint density at radius 3 is 1.57 bits per heavy atom. The van der Waals surface area contributed by atoms with Crippen LogP contribution >= 0.6 is 0 Å². The standard InChI is InChI=1S/C18H20O2Si/c1-5-13-9-7-11-15(19-3)17(13)21-18-14(6-2)10-8-12-16(18)20-4/h5-12H,1-2,21H2,3-4H3. The van der Waals surface area contributed by atoms with Gasteiger partial charge >= 0.3 is 0 Å². The molecule has 0 aliphatic heterocycles. The number of hydrogen-bond donors (Lipinski definition) is 0. The second kappa shape index (κ2) is 6.95. The van der Waals surface area contributed by atoms with Crippen LogP contribution in [0, 0.1) is 0 Å². The summed E-state index contributed by atoms with van der Waals surface area (Å²) in [6.07, 6.45) is 3.77. The van der Waals surface area contributed by atoms with Gasteiger partial charge in [-0.25, -0.2) is 0 Å². The average molecular weight is 296 g/mol. The van der Waals surface area contributed by atoms with Crippen molar-refractivity contribution in [2.24, 2.45) is 0 Å². The minimum Gasteiger partial charge on any atom is -0.497 e.